The summed E-state index contributed by atoms with van der Waals surface area (Å²) in [5, 5.41) is 8.83. The molecule has 0 aliphatic carbocycles. The van der Waals surface area contributed by atoms with E-state index in [-0.39, 0.29) is 17.6 Å². The zero-order chi connectivity index (χ0) is 13.3. The van der Waals surface area contributed by atoms with Gasteiger partial charge in [0.15, 0.2) is 0 Å². The van der Waals surface area contributed by atoms with Crippen molar-refractivity contribution in [1.29, 1.82) is 0 Å². The molecular formula is C13H16N2O3. The predicted molar refractivity (Wildman–Crippen MR) is 68.0 cm³/mol. The minimum absolute atomic E-state index is 0.0371. The van der Waals surface area contributed by atoms with Crippen molar-refractivity contribution in [2.75, 3.05) is 18.5 Å². The summed E-state index contributed by atoms with van der Waals surface area (Å²) in [6.07, 6.45) is 0.909. The van der Waals surface area contributed by atoms with E-state index < -0.39 is 5.97 Å². The van der Waals surface area contributed by atoms with E-state index in [4.69, 9.17) is 5.11 Å². The number of benzene rings is 1. The van der Waals surface area contributed by atoms with E-state index in [1.807, 2.05) is 6.92 Å². The molecule has 96 valence electrons. The second-order valence-electron chi connectivity index (χ2n) is 4.42. The van der Waals surface area contributed by atoms with Crippen molar-refractivity contribution in [1.82, 2.24) is 4.90 Å². The minimum atomic E-state index is -0.960. The Balaban J connectivity index is 2.22. The largest absolute Gasteiger partial charge is 0.478 e. The number of carbonyl (C=O) groups excluding carboxylic acids is 1. The molecule has 1 heterocycles. The molecule has 0 spiro atoms. The normalized spacial score (nSPS) is 19.4. The second kappa shape index (κ2) is 4.68. The quantitative estimate of drug-likeness (QED) is 0.890. The number of likely N-dealkylation sites (N-methyl/N-ethyl adjacent to an activating group) is 1. The van der Waals surface area contributed by atoms with Crippen LogP contribution >= 0.6 is 0 Å². The number of carboxylic acids is 1. The summed E-state index contributed by atoms with van der Waals surface area (Å²) in [5.41, 5.74) is 0.971. The molecule has 5 heteroatoms. The summed E-state index contributed by atoms with van der Waals surface area (Å²) < 4.78 is 0. The smallest absolute Gasteiger partial charge is 0.335 e. The number of anilines is 1. The number of hydrogen-bond acceptors (Lipinski definition) is 2. The van der Waals surface area contributed by atoms with Crippen LogP contribution in [0.2, 0.25) is 0 Å². The van der Waals surface area contributed by atoms with E-state index >= 15 is 0 Å². The van der Waals surface area contributed by atoms with Crippen molar-refractivity contribution in [3.63, 3.8) is 0 Å². The maximum Gasteiger partial charge on any atom is 0.335 e. The van der Waals surface area contributed by atoms with Gasteiger partial charge in [-0.3, -0.25) is 4.90 Å². The van der Waals surface area contributed by atoms with Gasteiger partial charge in [0.05, 0.1) is 11.6 Å². The van der Waals surface area contributed by atoms with Crippen LogP contribution in [0.5, 0.6) is 0 Å². The van der Waals surface area contributed by atoms with Gasteiger partial charge in [-0.15, -0.1) is 0 Å². The highest BCUT2D eigenvalue weighted by molar-refractivity contribution is 5.95. The lowest BCUT2D eigenvalue weighted by atomic mass is 10.2. The van der Waals surface area contributed by atoms with Crippen molar-refractivity contribution >= 4 is 17.7 Å². The van der Waals surface area contributed by atoms with Gasteiger partial charge in [0.25, 0.3) is 0 Å². The minimum Gasteiger partial charge on any atom is -0.478 e. The van der Waals surface area contributed by atoms with Crippen LogP contribution in [0.4, 0.5) is 10.5 Å². The lowest BCUT2D eigenvalue weighted by Gasteiger charge is -2.16. The molecule has 1 N–H and O–H groups in total. The molecule has 1 saturated heterocycles. The molecule has 2 rings (SSSR count). The van der Waals surface area contributed by atoms with Gasteiger partial charge in [0.1, 0.15) is 0 Å². The summed E-state index contributed by atoms with van der Waals surface area (Å²) in [4.78, 5) is 26.2. The van der Waals surface area contributed by atoms with E-state index in [9.17, 15) is 9.59 Å². The van der Waals surface area contributed by atoms with Gasteiger partial charge in [-0.05, 0) is 30.7 Å². The van der Waals surface area contributed by atoms with Crippen LogP contribution in [0.3, 0.4) is 0 Å². The highest BCUT2D eigenvalue weighted by Gasteiger charge is 2.34. The fraction of sp³-hybridized carbons (Fsp3) is 0.385. The molecule has 5 nitrogen and oxygen atoms in total. The van der Waals surface area contributed by atoms with Crippen LogP contribution in [-0.4, -0.2) is 41.6 Å². The van der Waals surface area contributed by atoms with Crippen molar-refractivity contribution < 1.29 is 14.7 Å². The zero-order valence-corrected chi connectivity index (χ0v) is 10.5. The third-order valence-corrected chi connectivity index (χ3v) is 3.37. The fourth-order valence-corrected chi connectivity index (χ4v) is 2.16. The number of hydrogen-bond donors (Lipinski definition) is 1. The molecule has 18 heavy (non-hydrogen) atoms. The highest BCUT2D eigenvalue weighted by Crippen LogP contribution is 2.24. The number of urea groups is 1. The molecule has 1 aromatic rings. The lowest BCUT2D eigenvalue weighted by Crippen LogP contribution is -2.30. The molecule has 0 radical (unpaired) electrons. The number of nitrogens with zero attached hydrogens (tertiary/aromatic N) is 2. The molecule has 2 amide bonds. The van der Waals surface area contributed by atoms with Gasteiger partial charge in [0.2, 0.25) is 0 Å². The summed E-state index contributed by atoms with van der Waals surface area (Å²) >= 11 is 0. The van der Waals surface area contributed by atoms with E-state index in [0.29, 0.717) is 6.54 Å². The predicted octanol–water partition coefficient (Wildman–Crippen LogP) is 2.04. The summed E-state index contributed by atoms with van der Waals surface area (Å²) in [7, 11) is 1.79. The van der Waals surface area contributed by atoms with Crippen molar-refractivity contribution in [3.05, 3.63) is 29.8 Å². The first kappa shape index (κ1) is 12.4. The molecule has 1 unspecified atom stereocenters. The molecule has 0 aromatic heterocycles. The molecule has 0 bridgehead atoms. The third kappa shape index (κ3) is 2.03. The van der Waals surface area contributed by atoms with Crippen LogP contribution in [0.1, 0.15) is 23.7 Å². The fourth-order valence-electron chi connectivity index (χ4n) is 2.16. The van der Waals surface area contributed by atoms with Crippen LogP contribution in [0.25, 0.3) is 0 Å². The lowest BCUT2D eigenvalue weighted by molar-refractivity contribution is 0.0697. The maximum absolute atomic E-state index is 12.0. The van der Waals surface area contributed by atoms with Crippen molar-refractivity contribution in [2.45, 2.75) is 19.4 Å². The average Bonchev–Trinajstić information content (AvgIpc) is 2.66. The van der Waals surface area contributed by atoms with Gasteiger partial charge >= 0.3 is 12.0 Å². The first-order chi connectivity index (χ1) is 8.54. The molecule has 1 aromatic carbocycles. The zero-order valence-electron chi connectivity index (χ0n) is 10.5. The molecule has 1 fully saturated rings. The van der Waals surface area contributed by atoms with E-state index in [2.05, 4.69) is 0 Å². The van der Waals surface area contributed by atoms with Gasteiger partial charge in [-0.25, -0.2) is 9.59 Å². The first-order valence-corrected chi connectivity index (χ1v) is 5.92. The molecule has 1 aliphatic heterocycles. The van der Waals surface area contributed by atoms with Crippen molar-refractivity contribution in [2.24, 2.45) is 0 Å². The average molecular weight is 248 g/mol. The third-order valence-electron chi connectivity index (χ3n) is 3.37. The molecule has 1 atom stereocenters. The maximum atomic E-state index is 12.0. The number of amides is 2. The van der Waals surface area contributed by atoms with Crippen molar-refractivity contribution in [3.8, 4) is 0 Å². The SMILES string of the molecule is CCC1CN(c2ccc(C(=O)O)cc2)C(=O)N1C. The number of aromatic carboxylic acids is 1. The van der Waals surface area contributed by atoms with Gasteiger partial charge in [-0.2, -0.15) is 0 Å². The Morgan fingerprint density at radius 3 is 2.44 bits per heavy atom. The van der Waals surface area contributed by atoms with Gasteiger partial charge in [-0.1, -0.05) is 6.92 Å². The Bertz CT molecular complexity index is 470. The monoisotopic (exact) mass is 248 g/mol. The van der Waals surface area contributed by atoms with Crippen LogP contribution in [-0.2, 0) is 0 Å². The molecular weight excluding hydrogens is 232 g/mol. The standard InChI is InChI=1S/C13H16N2O3/c1-3-10-8-15(13(18)14(10)2)11-6-4-9(5-7-11)12(16)17/h4-7,10H,3,8H2,1-2H3,(H,16,17). The Hall–Kier alpha value is -2.04. The topological polar surface area (TPSA) is 60.9 Å². The first-order valence-electron chi connectivity index (χ1n) is 5.92. The van der Waals surface area contributed by atoms with Gasteiger partial charge in [0, 0.05) is 19.3 Å². The number of carboxylic acid groups (broad SMARTS) is 1. The molecule has 0 saturated carbocycles. The Morgan fingerprint density at radius 2 is 2.00 bits per heavy atom. The Kier molecular flexibility index (Phi) is 3.23. The second-order valence-corrected chi connectivity index (χ2v) is 4.42. The number of rotatable bonds is 3. The van der Waals surface area contributed by atoms with Crippen LogP contribution in [0, 0.1) is 0 Å². The van der Waals surface area contributed by atoms with E-state index in [1.54, 1.807) is 29.0 Å². The summed E-state index contributed by atoms with van der Waals surface area (Å²) in [5.74, 6) is -0.960. The van der Waals surface area contributed by atoms with Gasteiger partial charge < -0.3 is 10.0 Å². The molecule has 1 aliphatic rings. The Labute approximate surface area is 106 Å². The van der Waals surface area contributed by atoms with E-state index in [1.165, 1.54) is 12.1 Å². The van der Waals surface area contributed by atoms with Crippen LogP contribution in [0.15, 0.2) is 24.3 Å². The highest BCUT2D eigenvalue weighted by atomic mass is 16.4. The summed E-state index contributed by atoms with van der Waals surface area (Å²) in [6.45, 7) is 2.70. The summed E-state index contributed by atoms with van der Waals surface area (Å²) in [6, 6.07) is 6.57. The Morgan fingerprint density at radius 1 is 1.39 bits per heavy atom. The van der Waals surface area contributed by atoms with E-state index in [0.717, 1.165) is 12.1 Å². The number of carbonyl (C=O) groups is 2. The van der Waals surface area contributed by atoms with Crippen LogP contribution < -0.4 is 4.90 Å².